The number of nitrogen functional groups attached to an aromatic ring is 1. The van der Waals surface area contributed by atoms with Crippen LogP contribution >= 0.6 is 47.5 Å². The van der Waals surface area contributed by atoms with Crippen LogP contribution in [0, 0.1) is 0 Å². The molecule has 2 N–H and O–H groups in total. The van der Waals surface area contributed by atoms with Gasteiger partial charge in [0.2, 0.25) is 0 Å². The number of anilines is 1. The van der Waals surface area contributed by atoms with E-state index < -0.39 is 0 Å². The summed E-state index contributed by atoms with van der Waals surface area (Å²) in [7, 11) is 0. The molecule has 0 unspecified atom stereocenters. The Bertz CT molecular complexity index is 509. The summed E-state index contributed by atoms with van der Waals surface area (Å²) in [5.74, 6) is 0. The molecule has 0 radical (unpaired) electrons. The predicted molar refractivity (Wildman–Crippen MR) is 81.1 cm³/mol. The third-order valence-corrected chi connectivity index (χ3v) is 5.19. The Labute approximate surface area is 121 Å². The first-order valence-corrected chi connectivity index (χ1v) is 6.80. The summed E-state index contributed by atoms with van der Waals surface area (Å²) in [5, 5.41) is 0.702. The Morgan fingerprint density at radius 3 is 2.82 bits per heavy atom. The fraction of sp³-hybridized carbons (Fsp3) is 0.500. The molecule has 0 saturated heterocycles. The zero-order valence-corrected chi connectivity index (χ0v) is 12.7. The first kappa shape index (κ1) is 15.0. The molecule has 1 aliphatic heterocycles. The van der Waals surface area contributed by atoms with E-state index in [1.54, 1.807) is 11.3 Å². The van der Waals surface area contributed by atoms with Gasteiger partial charge in [-0.2, -0.15) is 0 Å². The number of rotatable bonds is 1. The fourth-order valence-electron chi connectivity index (χ4n) is 2.08. The second kappa shape index (κ2) is 5.71. The van der Waals surface area contributed by atoms with Crippen molar-refractivity contribution in [3.63, 3.8) is 0 Å². The van der Waals surface area contributed by atoms with Crippen LogP contribution in [0.3, 0.4) is 0 Å². The molecule has 96 valence electrons. The number of halogens is 2. The molecular formula is C10H15Cl2N3S2. The van der Waals surface area contributed by atoms with Crippen LogP contribution in [0.2, 0.25) is 0 Å². The van der Waals surface area contributed by atoms with Gasteiger partial charge < -0.3 is 5.73 Å². The number of nitrogens with two attached hydrogens (primary N) is 1. The van der Waals surface area contributed by atoms with Crippen molar-refractivity contribution < 1.29 is 0 Å². The van der Waals surface area contributed by atoms with Gasteiger partial charge in [-0.15, -0.1) is 36.2 Å². The predicted octanol–water partition coefficient (Wildman–Crippen LogP) is 3.16. The normalized spacial score (nSPS) is 15.1. The van der Waals surface area contributed by atoms with Crippen LogP contribution in [-0.4, -0.2) is 23.0 Å². The Kier molecular flexibility index (Phi) is 5.04. The quantitative estimate of drug-likeness (QED) is 0.879. The van der Waals surface area contributed by atoms with E-state index in [-0.39, 0.29) is 24.8 Å². The molecule has 3 rings (SSSR count). The Balaban J connectivity index is 0.000000722. The van der Waals surface area contributed by atoms with Gasteiger partial charge in [0.25, 0.3) is 0 Å². The zero-order valence-electron chi connectivity index (χ0n) is 9.43. The number of fused-ring (bicyclic) bond motifs is 3. The molecular weight excluding hydrogens is 297 g/mol. The van der Waals surface area contributed by atoms with Crippen molar-refractivity contribution >= 4 is 62.1 Å². The molecule has 2 aromatic rings. The lowest BCUT2D eigenvalue weighted by atomic mass is 10.1. The number of hydrogen-bond acceptors (Lipinski definition) is 5. The largest absolute Gasteiger partial charge is 0.375 e. The first-order chi connectivity index (χ1) is 7.28. The van der Waals surface area contributed by atoms with Crippen molar-refractivity contribution in [1.82, 2.24) is 9.88 Å². The van der Waals surface area contributed by atoms with E-state index in [2.05, 4.69) is 16.8 Å². The highest BCUT2D eigenvalue weighted by molar-refractivity contribution is 7.29. The summed E-state index contributed by atoms with van der Waals surface area (Å²) in [6.45, 7) is 5.61. The van der Waals surface area contributed by atoms with Crippen LogP contribution in [0.5, 0.6) is 0 Å². The molecule has 2 aromatic heterocycles. The minimum Gasteiger partial charge on any atom is -0.375 e. The maximum Gasteiger partial charge on any atom is 0.181 e. The summed E-state index contributed by atoms with van der Waals surface area (Å²) in [6, 6.07) is 0. The molecule has 3 heterocycles. The van der Waals surface area contributed by atoms with Crippen molar-refractivity contribution in [1.29, 1.82) is 0 Å². The van der Waals surface area contributed by atoms with Gasteiger partial charge in [0.1, 0.15) is 4.83 Å². The van der Waals surface area contributed by atoms with Crippen LogP contribution in [0.1, 0.15) is 17.4 Å². The highest BCUT2D eigenvalue weighted by Gasteiger charge is 2.22. The lowest BCUT2D eigenvalue weighted by Gasteiger charge is -2.25. The molecule has 7 heteroatoms. The van der Waals surface area contributed by atoms with Crippen LogP contribution in [0.4, 0.5) is 5.13 Å². The first-order valence-electron chi connectivity index (χ1n) is 5.17. The van der Waals surface area contributed by atoms with E-state index >= 15 is 0 Å². The van der Waals surface area contributed by atoms with E-state index in [0.29, 0.717) is 5.13 Å². The molecule has 0 bridgehead atoms. The van der Waals surface area contributed by atoms with Crippen molar-refractivity contribution in [2.75, 3.05) is 18.8 Å². The third-order valence-electron chi connectivity index (χ3n) is 2.93. The number of thiophene rings is 1. The topological polar surface area (TPSA) is 42.2 Å². The standard InChI is InChI=1S/C10H13N3S2.2ClH/c1-2-13-4-3-7-6(5-13)8-9(14-7)12-10(11)15-8;;/h2-5H2,1H3,(H2,11,12);2*1H. The lowest BCUT2D eigenvalue weighted by Crippen LogP contribution is -2.29. The van der Waals surface area contributed by atoms with E-state index in [0.717, 1.165) is 17.9 Å². The SMILES string of the molecule is CCN1CCc2sc3nc(N)sc3c2C1.Cl.Cl. The van der Waals surface area contributed by atoms with Gasteiger partial charge in [-0.1, -0.05) is 18.3 Å². The highest BCUT2D eigenvalue weighted by Crippen LogP contribution is 2.38. The number of aromatic nitrogens is 1. The molecule has 3 nitrogen and oxygen atoms in total. The van der Waals surface area contributed by atoms with E-state index in [1.165, 1.54) is 28.1 Å². The number of thiazole rings is 1. The Morgan fingerprint density at radius 1 is 1.35 bits per heavy atom. The highest BCUT2D eigenvalue weighted by atomic mass is 35.5. The number of likely N-dealkylation sites (N-methyl/N-ethyl adjacent to an activating group) is 1. The average Bonchev–Trinajstić information content (AvgIpc) is 2.73. The Hall–Kier alpha value is -0.0700. The summed E-state index contributed by atoms with van der Waals surface area (Å²) in [4.78, 5) is 9.50. The summed E-state index contributed by atoms with van der Waals surface area (Å²) in [5.41, 5.74) is 7.22. The van der Waals surface area contributed by atoms with E-state index in [9.17, 15) is 0 Å². The Morgan fingerprint density at radius 2 is 2.12 bits per heavy atom. The van der Waals surface area contributed by atoms with Crippen LogP contribution in [0.15, 0.2) is 0 Å². The minimum absolute atomic E-state index is 0. The van der Waals surface area contributed by atoms with Gasteiger partial charge in [0.05, 0.1) is 4.70 Å². The summed E-state index contributed by atoms with van der Waals surface area (Å²) >= 11 is 3.46. The monoisotopic (exact) mass is 311 g/mol. The molecule has 1 aliphatic rings. The molecule has 0 amide bonds. The second-order valence-electron chi connectivity index (χ2n) is 3.81. The van der Waals surface area contributed by atoms with E-state index in [4.69, 9.17) is 5.73 Å². The van der Waals surface area contributed by atoms with E-state index in [1.807, 2.05) is 11.3 Å². The number of hydrogen-bond donors (Lipinski definition) is 1. The van der Waals surface area contributed by atoms with Gasteiger partial charge in [-0.25, -0.2) is 4.98 Å². The molecule has 0 atom stereocenters. The van der Waals surface area contributed by atoms with Crippen LogP contribution in [-0.2, 0) is 13.0 Å². The maximum absolute atomic E-state index is 5.74. The smallest absolute Gasteiger partial charge is 0.181 e. The maximum atomic E-state index is 5.74. The fourth-order valence-corrected chi connectivity index (χ4v) is 4.32. The molecule has 0 aromatic carbocycles. The van der Waals surface area contributed by atoms with Crippen molar-refractivity contribution in [2.24, 2.45) is 0 Å². The van der Waals surface area contributed by atoms with Gasteiger partial charge in [0.15, 0.2) is 5.13 Å². The third kappa shape index (κ3) is 2.53. The van der Waals surface area contributed by atoms with Crippen molar-refractivity contribution in [3.05, 3.63) is 10.4 Å². The second-order valence-corrected chi connectivity index (χ2v) is 5.92. The van der Waals surface area contributed by atoms with Crippen molar-refractivity contribution in [3.8, 4) is 0 Å². The van der Waals surface area contributed by atoms with Gasteiger partial charge in [-0.05, 0) is 18.5 Å². The van der Waals surface area contributed by atoms with Gasteiger partial charge in [0, 0.05) is 18.0 Å². The minimum atomic E-state index is 0. The summed E-state index contributed by atoms with van der Waals surface area (Å²) < 4.78 is 1.32. The van der Waals surface area contributed by atoms with Gasteiger partial charge >= 0.3 is 0 Å². The zero-order chi connectivity index (χ0) is 10.4. The molecule has 0 aliphatic carbocycles. The lowest BCUT2D eigenvalue weighted by molar-refractivity contribution is 0.271. The van der Waals surface area contributed by atoms with Crippen LogP contribution < -0.4 is 5.73 Å². The van der Waals surface area contributed by atoms with Crippen LogP contribution in [0.25, 0.3) is 9.53 Å². The van der Waals surface area contributed by atoms with Gasteiger partial charge in [-0.3, -0.25) is 4.90 Å². The molecule has 0 spiro atoms. The summed E-state index contributed by atoms with van der Waals surface area (Å²) in [6.07, 6.45) is 1.18. The molecule has 17 heavy (non-hydrogen) atoms. The molecule has 0 fully saturated rings. The average molecular weight is 312 g/mol. The van der Waals surface area contributed by atoms with Crippen molar-refractivity contribution in [2.45, 2.75) is 19.9 Å². The number of nitrogens with zero attached hydrogens (tertiary/aromatic N) is 2. The molecule has 0 saturated carbocycles.